The summed E-state index contributed by atoms with van der Waals surface area (Å²) in [5.74, 6) is -0.294. The van der Waals surface area contributed by atoms with E-state index < -0.39 is 17.4 Å². The van der Waals surface area contributed by atoms with E-state index in [1.165, 1.54) is 0 Å². The molecular weight excluding hydrogens is 472 g/mol. The largest absolute Gasteiger partial charge is 0.508 e. The standard InChI is InChI=1S/C28H44N4O5/c1-28(2,3)25(30-26(35)22(18-32(37)19-33)16-20-6-4-5-7-20)27(36)31-14-12-23(13-15-31)29-17-21-8-10-24(34)11-9-21/h8-11,19-20,22-23,25,29,34,37H,4-7,12-18H2,1-3H3,(H,30,35)/t22-,25-/m1/s1. The third-order valence-electron chi connectivity index (χ3n) is 7.73. The van der Waals surface area contributed by atoms with Crippen molar-refractivity contribution in [3.05, 3.63) is 29.8 Å². The van der Waals surface area contributed by atoms with Crippen molar-refractivity contribution >= 4 is 18.2 Å². The molecule has 3 amide bonds. The minimum atomic E-state index is -0.698. The molecule has 1 saturated carbocycles. The molecule has 2 aliphatic rings. The van der Waals surface area contributed by atoms with Gasteiger partial charge in [-0.1, -0.05) is 58.6 Å². The Morgan fingerprint density at radius 3 is 2.30 bits per heavy atom. The Kier molecular flexibility index (Phi) is 10.3. The van der Waals surface area contributed by atoms with Gasteiger partial charge in [-0.2, -0.15) is 0 Å². The molecule has 4 N–H and O–H groups in total. The number of nitrogens with one attached hydrogen (secondary N) is 2. The fourth-order valence-electron chi connectivity index (χ4n) is 5.45. The summed E-state index contributed by atoms with van der Waals surface area (Å²) in [7, 11) is 0. The van der Waals surface area contributed by atoms with Crippen LogP contribution in [0.3, 0.4) is 0 Å². The van der Waals surface area contributed by atoms with Crippen LogP contribution in [-0.2, 0) is 20.9 Å². The summed E-state index contributed by atoms with van der Waals surface area (Å²) in [6.45, 7) is 7.66. The van der Waals surface area contributed by atoms with Gasteiger partial charge in [-0.25, -0.2) is 5.06 Å². The van der Waals surface area contributed by atoms with Crippen molar-refractivity contribution in [2.45, 2.75) is 84.3 Å². The second-order valence-electron chi connectivity index (χ2n) is 11.8. The van der Waals surface area contributed by atoms with Gasteiger partial charge in [0.2, 0.25) is 18.2 Å². The number of phenols is 1. The SMILES string of the molecule is CC(C)(C)[C@H](NC(=O)[C@H](CC1CCCC1)CN(O)C=O)C(=O)N1CCC(NCc2ccc(O)cc2)CC1. The van der Waals surface area contributed by atoms with Crippen LogP contribution in [0.15, 0.2) is 24.3 Å². The molecule has 9 nitrogen and oxygen atoms in total. The first-order valence-electron chi connectivity index (χ1n) is 13.6. The van der Waals surface area contributed by atoms with Crippen LogP contribution in [0.2, 0.25) is 0 Å². The van der Waals surface area contributed by atoms with Crippen LogP contribution in [0.5, 0.6) is 5.75 Å². The lowest BCUT2D eigenvalue weighted by Crippen LogP contribution is -2.58. The van der Waals surface area contributed by atoms with Crippen LogP contribution in [0.1, 0.15) is 71.3 Å². The van der Waals surface area contributed by atoms with E-state index in [4.69, 9.17) is 0 Å². The smallest absolute Gasteiger partial charge is 0.245 e. The summed E-state index contributed by atoms with van der Waals surface area (Å²) in [6.07, 6.45) is 6.93. The summed E-state index contributed by atoms with van der Waals surface area (Å²) in [6, 6.07) is 6.72. The molecule has 1 heterocycles. The molecule has 1 aliphatic heterocycles. The summed E-state index contributed by atoms with van der Waals surface area (Å²) in [5, 5.41) is 26.3. The zero-order chi connectivity index (χ0) is 27.0. The summed E-state index contributed by atoms with van der Waals surface area (Å²) in [4.78, 5) is 39.8. The van der Waals surface area contributed by atoms with Crippen molar-refractivity contribution in [2.75, 3.05) is 19.6 Å². The van der Waals surface area contributed by atoms with Gasteiger partial charge in [0.1, 0.15) is 11.8 Å². The topological polar surface area (TPSA) is 122 Å². The maximum atomic E-state index is 13.6. The number of aromatic hydroxyl groups is 1. The van der Waals surface area contributed by atoms with Crippen molar-refractivity contribution in [3.8, 4) is 5.75 Å². The number of carbonyl (C=O) groups is 3. The molecular formula is C28H44N4O5. The molecule has 1 aromatic carbocycles. The fraction of sp³-hybridized carbons (Fsp3) is 0.679. The van der Waals surface area contributed by atoms with Gasteiger partial charge < -0.3 is 20.6 Å². The Morgan fingerprint density at radius 1 is 1.11 bits per heavy atom. The van der Waals surface area contributed by atoms with Crippen LogP contribution in [0, 0.1) is 17.3 Å². The number of rotatable bonds is 11. The van der Waals surface area contributed by atoms with E-state index in [-0.39, 0.29) is 30.2 Å². The van der Waals surface area contributed by atoms with Gasteiger partial charge in [0.05, 0.1) is 12.5 Å². The molecule has 0 radical (unpaired) electrons. The number of hydrogen-bond acceptors (Lipinski definition) is 6. The van der Waals surface area contributed by atoms with Gasteiger partial charge in [0.15, 0.2) is 0 Å². The predicted octanol–water partition coefficient (Wildman–Crippen LogP) is 3.05. The monoisotopic (exact) mass is 516 g/mol. The first-order valence-corrected chi connectivity index (χ1v) is 13.6. The number of piperidine rings is 1. The third-order valence-corrected chi connectivity index (χ3v) is 7.73. The van der Waals surface area contributed by atoms with Crippen LogP contribution < -0.4 is 10.6 Å². The van der Waals surface area contributed by atoms with Crippen molar-refractivity contribution < 1.29 is 24.7 Å². The molecule has 0 bridgehead atoms. The van der Waals surface area contributed by atoms with Crippen LogP contribution in [0.4, 0.5) is 0 Å². The van der Waals surface area contributed by atoms with E-state index in [0.29, 0.717) is 43.4 Å². The average molecular weight is 517 g/mol. The number of phenolic OH excluding ortho intramolecular Hbond substituents is 1. The average Bonchev–Trinajstić information content (AvgIpc) is 3.38. The molecule has 0 spiro atoms. The number of likely N-dealkylation sites (tertiary alicyclic amines) is 1. The molecule has 2 fully saturated rings. The lowest BCUT2D eigenvalue weighted by molar-refractivity contribution is -0.156. The summed E-state index contributed by atoms with van der Waals surface area (Å²) < 4.78 is 0. The Bertz CT molecular complexity index is 887. The first-order chi connectivity index (χ1) is 17.6. The van der Waals surface area contributed by atoms with E-state index >= 15 is 0 Å². The zero-order valence-corrected chi connectivity index (χ0v) is 22.5. The molecule has 3 rings (SSSR count). The third kappa shape index (κ3) is 8.71. The number of hydrogen-bond donors (Lipinski definition) is 4. The number of amides is 3. The Morgan fingerprint density at radius 2 is 1.73 bits per heavy atom. The van der Waals surface area contributed by atoms with E-state index in [1.807, 2.05) is 37.8 Å². The number of nitrogens with zero attached hydrogens (tertiary/aromatic N) is 2. The predicted molar refractivity (Wildman–Crippen MR) is 141 cm³/mol. The second-order valence-corrected chi connectivity index (χ2v) is 11.8. The second kappa shape index (κ2) is 13.2. The highest BCUT2D eigenvalue weighted by atomic mass is 16.5. The lowest BCUT2D eigenvalue weighted by atomic mass is 9.84. The highest BCUT2D eigenvalue weighted by molar-refractivity contribution is 5.89. The van der Waals surface area contributed by atoms with Gasteiger partial charge >= 0.3 is 0 Å². The van der Waals surface area contributed by atoms with E-state index in [1.54, 1.807) is 12.1 Å². The van der Waals surface area contributed by atoms with Crippen molar-refractivity contribution in [1.82, 2.24) is 20.6 Å². The van der Waals surface area contributed by atoms with Crippen molar-refractivity contribution in [3.63, 3.8) is 0 Å². The molecule has 0 aromatic heterocycles. The fourth-order valence-corrected chi connectivity index (χ4v) is 5.45. The van der Waals surface area contributed by atoms with Gasteiger partial charge in [-0.3, -0.25) is 19.6 Å². The minimum Gasteiger partial charge on any atom is -0.508 e. The number of hydroxylamine groups is 2. The Balaban J connectivity index is 1.57. The summed E-state index contributed by atoms with van der Waals surface area (Å²) >= 11 is 0. The Hall–Kier alpha value is -2.65. The van der Waals surface area contributed by atoms with Gasteiger partial charge in [-0.05, 0) is 48.3 Å². The quantitative estimate of drug-likeness (QED) is 0.204. The van der Waals surface area contributed by atoms with Gasteiger partial charge in [0.25, 0.3) is 0 Å². The number of carbonyl (C=O) groups excluding carboxylic acids is 3. The molecule has 1 aromatic rings. The van der Waals surface area contributed by atoms with E-state index in [9.17, 15) is 24.7 Å². The highest BCUT2D eigenvalue weighted by Crippen LogP contribution is 2.31. The molecule has 206 valence electrons. The normalized spacial score (nSPS) is 18.9. The van der Waals surface area contributed by atoms with Gasteiger partial charge in [-0.15, -0.1) is 0 Å². The first kappa shape index (κ1) is 28.9. The van der Waals surface area contributed by atoms with Crippen LogP contribution >= 0.6 is 0 Å². The summed E-state index contributed by atoms with van der Waals surface area (Å²) in [5.41, 5.74) is 0.595. The number of benzene rings is 1. The van der Waals surface area contributed by atoms with Crippen molar-refractivity contribution in [1.29, 1.82) is 0 Å². The minimum absolute atomic E-state index is 0.0744. The molecule has 9 heteroatoms. The molecule has 1 aliphatic carbocycles. The molecule has 37 heavy (non-hydrogen) atoms. The zero-order valence-electron chi connectivity index (χ0n) is 22.5. The van der Waals surface area contributed by atoms with Gasteiger partial charge in [0, 0.05) is 25.7 Å². The molecule has 2 atom stereocenters. The maximum Gasteiger partial charge on any atom is 0.245 e. The Labute approximate surface area is 220 Å². The van der Waals surface area contributed by atoms with Crippen LogP contribution in [0.25, 0.3) is 0 Å². The van der Waals surface area contributed by atoms with E-state index in [2.05, 4.69) is 10.6 Å². The van der Waals surface area contributed by atoms with Crippen molar-refractivity contribution in [2.24, 2.45) is 17.3 Å². The lowest BCUT2D eigenvalue weighted by Gasteiger charge is -2.39. The molecule has 0 unspecified atom stereocenters. The highest BCUT2D eigenvalue weighted by Gasteiger charge is 2.38. The van der Waals surface area contributed by atoms with E-state index in [0.717, 1.165) is 44.1 Å². The molecule has 1 saturated heterocycles. The van der Waals surface area contributed by atoms with Crippen LogP contribution in [-0.4, -0.2) is 70.2 Å². The maximum absolute atomic E-state index is 13.6.